The number of rotatable bonds is 7. The topological polar surface area (TPSA) is 84.0 Å². The van der Waals surface area contributed by atoms with Crippen molar-refractivity contribution in [3.05, 3.63) is 65.7 Å². The van der Waals surface area contributed by atoms with Gasteiger partial charge in [0.2, 0.25) is 10.0 Å². The molecule has 2 aromatic carbocycles. The maximum atomic E-state index is 12.8. The van der Waals surface area contributed by atoms with Crippen molar-refractivity contribution in [1.29, 1.82) is 0 Å². The maximum absolute atomic E-state index is 12.8. The summed E-state index contributed by atoms with van der Waals surface area (Å²) in [5.74, 6) is -0.988. The predicted molar refractivity (Wildman–Crippen MR) is 117 cm³/mol. The fourth-order valence-electron chi connectivity index (χ4n) is 3.46. The molecule has 0 aliphatic carbocycles. The first-order valence-electron chi connectivity index (χ1n) is 10.4. The Morgan fingerprint density at radius 3 is 2.16 bits per heavy atom. The maximum Gasteiger partial charge on any atom is 0.338 e. The lowest BCUT2D eigenvalue weighted by molar-refractivity contribution is -0.133. The molecule has 0 aromatic heterocycles. The lowest BCUT2D eigenvalue weighted by Crippen LogP contribution is -2.32. The Morgan fingerprint density at radius 2 is 1.55 bits per heavy atom. The largest absolute Gasteiger partial charge is 0.452 e. The first kappa shape index (κ1) is 23.0. The van der Waals surface area contributed by atoms with Gasteiger partial charge in [-0.1, -0.05) is 43.2 Å². The van der Waals surface area contributed by atoms with E-state index in [-0.39, 0.29) is 23.0 Å². The van der Waals surface area contributed by atoms with Gasteiger partial charge >= 0.3 is 5.97 Å². The summed E-state index contributed by atoms with van der Waals surface area (Å²) in [4.78, 5) is 26.2. The lowest BCUT2D eigenvalue weighted by Gasteiger charge is -2.20. The molecule has 1 aliphatic heterocycles. The third-order valence-electron chi connectivity index (χ3n) is 5.31. The average molecular weight is 445 g/mol. The highest BCUT2D eigenvalue weighted by molar-refractivity contribution is 7.89. The van der Waals surface area contributed by atoms with E-state index in [1.54, 1.807) is 7.05 Å². The van der Waals surface area contributed by atoms with Crippen LogP contribution in [0.4, 0.5) is 0 Å². The number of hydrogen-bond acceptors (Lipinski definition) is 5. The molecule has 2 aromatic rings. The molecule has 1 amide bonds. The Kier molecular flexibility index (Phi) is 7.81. The second kappa shape index (κ2) is 10.5. The molecule has 1 fully saturated rings. The van der Waals surface area contributed by atoms with Crippen LogP contribution < -0.4 is 0 Å². The highest BCUT2D eigenvalue weighted by Crippen LogP contribution is 2.21. The van der Waals surface area contributed by atoms with E-state index < -0.39 is 16.0 Å². The van der Waals surface area contributed by atoms with Crippen LogP contribution in [-0.2, 0) is 26.1 Å². The number of carbonyl (C=O) groups is 2. The predicted octanol–water partition coefficient (Wildman–Crippen LogP) is 3.07. The number of amides is 1. The third-order valence-corrected chi connectivity index (χ3v) is 7.22. The average Bonchev–Trinajstić information content (AvgIpc) is 3.08. The van der Waals surface area contributed by atoms with Gasteiger partial charge in [0.05, 0.1) is 10.5 Å². The van der Waals surface area contributed by atoms with E-state index in [9.17, 15) is 18.0 Å². The number of sulfonamides is 1. The van der Waals surface area contributed by atoms with E-state index in [1.165, 1.54) is 33.5 Å². The minimum absolute atomic E-state index is 0.157. The molecule has 1 saturated heterocycles. The van der Waals surface area contributed by atoms with Crippen molar-refractivity contribution in [2.75, 3.05) is 26.7 Å². The number of hydrogen-bond donors (Lipinski definition) is 0. The number of esters is 1. The van der Waals surface area contributed by atoms with Crippen molar-refractivity contribution in [1.82, 2.24) is 9.21 Å². The molecule has 8 heteroatoms. The Bertz CT molecular complexity index is 982. The molecule has 3 rings (SSSR count). The second-order valence-corrected chi connectivity index (χ2v) is 9.59. The van der Waals surface area contributed by atoms with Crippen LogP contribution in [0.1, 0.15) is 41.6 Å². The van der Waals surface area contributed by atoms with Crippen molar-refractivity contribution in [2.45, 2.75) is 37.1 Å². The summed E-state index contributed by atoms with van der Waals surface area (Å²) in [6.07, 6.45) is 3.79. The Morgan fingerprint density at radius 1 is 0.935 bits per heavy atom. The van der Waals surface area contributed by atoms with E-state index in [0.717, 1.165) is 31.2 Å². The SMILES string of the molecule is CN(Cc1ccccc1)C(=O)COC(=O)c1ccc(S(=O)(=O)N2CCCCCC2)cc1. The molecular weight excluding hydrogens is 416 g/mol. The second-order valence-electron chi connectivity index (χ2n) is 7.65. The van der Waals surface area contributed by atoms with Crippen LogP contribution in [0.2, 0.25) is 0 Å². The molecule has 166 valence electrons. The van der Waals surface area contributed by atoms with Crippen molar-refractivity contribution >= 4 is 21.9 Å². The molecule has 0 N–H and O–H groups in total. The number of nitrogens with zero attached hydrogens (tertiary/aromatic N) is 2. The number of likely N-dealkylation sites (N-methyl/N-ethyl adjacent to an activating group) is 1. The normalized spacial score (nSPS) is 15.1. The van der Waals surface area contributed by atoms with E-state index >= 15 is 0 Å². The number of benzene rings is 2. The van der Waals surface area contributed by atoms with Gasteiger partial charge in [-0.3, -0.25) is 4.79 Å². The van der Waals surface area contributed by atoms with E-state index in [1.807, 2.05) is 30.3 Å². The van der Waals surface area contributed by atoms with Gasteiger partial charge in [-0.25, -0.2) is 13.2 Å². The van der Waals surface area contributed by atoms with E-state index in [4.69, 9.17) is 4.74 Å². The number of ether oxygens (including phenoxy) is 1. The summed E-state index contributed by atoms with van der Waals surface area (Å²) in [7, 11) is -1.93. The molecule has 0 unspecified atom stereocenters. The zero-order valence-electron chi connectivity index (χ0n) is 17.7. The van der Waals surface area contributed by atoms with Crippen molar-refractivity contribution in [2.24, 2.45) is 0 Å². The van der Waals surface area contributed by atoms with Crippen LogP contribution in [-0.4, -0.2) is 56.2 Å². The molecular formula is C23H28N2O5S. The molecule has 31 heavy (non-hydrogen) atoms. The third kappa shape index (κ3) is 6.15. The smallest absolute Gasteiger partial charge is 0.338 e. The quantitative estimate of drug-likeness (QED) is 0.613. The monoisotopic (exact) mass is 444 g/mol. The first-order valence-corrected chi connectivity index (χ1v) is 11.9. The molecule has 7 nitrogen and oxygen atoms in total. The van der Waals surface area contributed by atoms with Gasteiger partial charge < -0.3 is 9.64 Å². The highest BCUT2D eigenvalue weighted by atomic mass is 32.2. The summed E-state index contributed by atoms with van der Waals surface area (Å²) in [5.41, 5.74) is 1.18. The first-order chi connectivity index (χ1) is 14.9. The van der Waals surface area contributed by atoms with Crippen molar-refractivity contribution in [3.63, 3.8) is 0 Å². The fourth-order valence-corrected chi connectivity index (χ4v) is 4.98. The minimum atomic E-state index is -3.57. The Hall–Kier alpha value is -2.71. The van der Waals surface area contributed by atoms with Gasteiger partial charge in [0, 0.05) is 26.7 Å². The van der Waals surface area contributed by atoms with Crippen LogP contribution in [0, 0.1) is 0 Å². The number of carbonyl (C=O) groups excluding carboxylic acids is 2. The van der Waals surface area contributed by atoms with Gasteiger partial charge in [-0.05, 0) is 42.7 Å². The van der Waals surface area contributed by atoms with Gasteiger partial charge in [0.15, 0.2) is 6.61 Å². The molecule has 0 atom stereocenters. The molecule has 0 bridgehead atoms. The van der Waals surface area contributed by atoms with Crippen LogP contribution in [0.15, 0.2) is 59.5 Å². The van der Waals surface area contributed by atoms with Crippen molar-refractivity contribution in [3.8, 4) is 0 Å². The fraction of sp³-hybridized carbons (Fsp3) is 0.391. The Labute approximate surface area is 183 Å². The van der Waals surface area contributed by atoms with E-state index in [0.29, 0.717) is 19.6 Å². The van der Waals surface area contributed by atoms with Gasteiger partial charge in [-0.2, -0.15) is 4.31 Å². The van der Waals surface area contributed by atoms with Crippen molar-refractivity contribution < 1.29 is 22.7 Å². The summed E-state index contributed by atoms with van der Waals surface area (Å²) >= 11 is 0. The molecule has 0 saturated carbocycles. The zero-order valence-corrected chi connectivity index (χ0v) is 18.5. The zero-order chi connectivity index (χ0) is 22.3. The summed E-state index contributed by atoms with van der Waals surface area (Å²) in [6, 6.07) is 15.2. The molecule has 1 heterocycles. The summed E-state index contributed by atoms with van der Waals surface area (Å²) in [6.45, 7) is 1.08. The van der Waals surface area contributed by atoms with Gasteiger partial charge in [0.25, 0.3) is 5.91 Å². The molecule has 1 aliphatic rings. The Balaban J connectivity index is 1.55. The van der Waals surface area contributed by atoms with Crippen LogP contribution >= 0.6 is 0 Å². The summed E-state index contributed by atoms with van der Waals surface area (Å²) in [5, 5.41) is 0. The van der Waals surface area contributed by atoms with E-state index in [2.05, 4.69) is 0 Å². The highest BCUT2D eigenvalue weighted by Gasteiger charge is 2.25. The van der Waals surface area contributed by atoms with Crippen LogP contribution in [0.5, 0.6) is 0 Å². The van der Waals surface area contributed by atoms with Gasteiger partial charge in [-0.15, -0.1) is 0 Å². The van der Waals surface area contributed by atoms with Crippen LogP contribution in [0.25, 0.3) is 0 Å². The standard InChI is InChI=1S/C23H28N2O5S/c1-24(17-19-9-5-4-6-10-19)22(26)18-30-23(27)20-11-13-21(14-12-20)31(28,29)25-15-7-2-3-8-16-25/h4-6,9-14H,2-3,7-8,15-18H2,1H3. The van der Waals surface area contributed by atoms with Crippen LogP contribution in [0.3, 0.4) is 0 Å². The van der Waals surface area contributed by atoms with Gasteiger partial charge in [0.1, 0.15) is 0 Å². The molecule has 0 spiro atoms. The lowest BCUT2D eigenvalue weighted by atomic mass is 10.2. The minimum Gasteiger partial charge on any atom is -0.452 e. The summed E-state index contributed by atoms with van der Waals surface area (Å²) < 4.78 is 32.3. The molecule has 0 radical (unpaired) electrons.